The Morgan fingerprint density at radius 3 is 3.13 bits per heavy atom. The van der Waals surface area contributed by atoms with Gasteiger partial charge in [0, 0.05) is 26.3 Å². The lowest BCUT2D eigenvalue weighted by molar-refractivity contribution is -0.0611. The molecule has 2 heterocycles. The van der Waals surface area contributed by atoms with Gasteiger partial charge in [0.25, 0.3) is 0 Å². The van der Waals surface area contributed by atoms with Crippen LogP contribution in [0.4, 0.5) is 0 Å². The highest BCUT2D eigenvalue weighted by atomic mass is 16.5. The summed E-state index contributed by atoms with van der Waals surface area (Å²) in [7, 11) is 1.88. The van der Waals surface area contributed by atoms with Gasteiger partial charge in [-0.2, -0.15) is 5.10 Å². The lowest BCUT2D eigenvalue weighted by Crippen LogP contribution is -2.33. The standard InChI is InChI=1S/C11H18N2O2/c1-13-8-9(7-12-13)6-10(14)11-4-2-3-5-15-11/h7-8,10-11,14H,2-6H2,1H3. The van der Waals surface area contributed by atoms with E-state index in [2.05, 4.69) is 5.10 Å². The Morgan fingerprint density at radius 2 is 2.53 bits per heavy atom. The van der Waals surface area contributed by atoms with Gasteiger partial charge in [0.1, 0.15) is 0 Å². The second-order valence-electron chi connectivity index (χ2n) is 4.20. The van der Waals surface area contributed by atoms with Gasteiger partial charge in [-0.1, -0.05) is 0 Å². The summed E-state index contributed by atoms with van der Waals surface area (Å²) in [6, 6.07) is 0. The molecule has 2 atom stereocenters. The van der Waals surface area contributed by atoms with Gasteiger partial charge >= 0.3 is 0 Å². The maximum absolute atomic E-state index is 9.97. The van der Waals surface area contributed by atoms with E-state index in [0.717, 1.165) is 31.4 Å². The minimum absolute atomic E-state index is 0.0129. The first-order valence-corrected chi connectivity index (χ1v) is 5.53. The maximum atomic E-state index is 9.97. The summed E-state index contributed by atoms with van der Waals surface area (Å²) >= 11 is 0. The fourth-order valence-corrected chi connectivity index (χ4v) is 2.02. The Bertz CT molecular complexity index is 305. The molecule has 1 aliphatic rings. The number of rotatable bonds is 3. The highest BCUT2D eigenvalue weighted by Crippen LogP contribution is 2.18. The third-order valence-corrected chi connectivity index (χ3v) is 2.85. The molecular formula is C11H18N2O2. The molecule has 0 aromatic carbocycles. The molecule has 0 saturated carbocycles. The Balaban J connectivity index is 1.88. The summed E-state index contributed by atoms with van der Waals surface area (Å²) in [5.41, 5.74) is 1.07. The molecule has 0 spiro atoms. The number of aliphatic hydroxyl groups excluding tert-OH is 1. The molecule has 4 heteroatoms. The van der Waals surface area contributed by atoms with E-state index in [-0.39, 0.29) is 6.10 Å². The van der Waals surface area contributed by atoms with Gasteiger partial charge in [-0.15, -0.1) is 0 Å². The molecule has 15 heavy (non-hydrogen) atoms. The number of hydrogen-bond donors (Lipinski definition) is 1. The molecule has 1 aliphatic heterocycles. The van der Waals surface area contributed by atoms with Crippen LogP contribution in [-0.4, -0.2) is 33.7 Å². The number of aliphatic hydroxyl groups is 1. The van der Waals surface area contributed by atoms with Crippen molar-refractivity contribution in [3.63, 3.8) is 0 Å². The lowest BCUT2D eigenvalue weighted by atomic mass is 10.00. The maximum Gasteiger partial charge on any atom is 0.0843 e. The van der Waals surface area contributed by atoms with E-state index >= 15 is 0 Å². The first-order valence-electron chi connectivity index (χ1n) is 5.53. The summed E-state index contributed by atoms with van der Waals surface area (Å²) in [6.45, 7) is 0.786. The molecule has 1 fully saturated rings. The smallest absolute Gasteiger partial charge is 0.0843 e. The van der Waals surface area contributed by atoms with Crippen molar-refractivity contribution in [1.29, 1.82) is 0 Å². The second kappa shape index (κ2) is 4.77. The molecule has 1 N–H and O–H groups in total. The van der Waals surface area contributed by atoms with Gasteiger partial charge in [-0.25, -0.2) is 0 Å². The fourth-order valence-electron chi connectivity index (χ4n) is 2.02. The molecule has 1 saturated heterocycles. The summed E-state index contributed by atoms with van der Waals surface area (Å²) in [5, 5.41) is 14.1. The molecular weight excluding hydrogens is 192 g/mol. The van der Waals surface area contributed by atoms with Gasteiger partial charge in [-0.05, 0) is 24.8 Å². The first-order chi connectivity index (χ1) is 7.25. The minimum Gasteiger partial charge on any atom is -0.390 e. The summed E-state index contributed by atoms with van der Waals surface area (Å²) < 4.78 is 7.30. The quantitative estimate of drug-likeness (QED) is 0.806. The van der Waals surface area contributed by atoms with Crippen molar-refractivity contribution in [1.82, 2.24) is 9.78 Å². The Hall–Kier alpha value is -0.870. The van der Waals surface area contributed by atoms with Crippen LogP contribution in [0.25, 0.3) is 0 Å². The molecule has 0 amide bonds. The van der Waals surface area contributed by atoms with Gasteiger partial charge in [0.05, 0.1) is 18.4 Å². The van der Waals surface area contributed by atoms with Gasteiger partial charge in [-0.3, -0.25) is 4.68 Å². The van der Waals surface area contributed by atoms with Crippen molar-refractivity contribution >= 4 is 0 Å². The molecule has 2 rings (SSSR count). The average molecular weight is 210 g/mol. The predicted molar refractivity (Wildman–Crippen MR) is 56.5 cm³/mol. The van der Waals surface area contributed by atoms with Crippen LogP contribution in [0, 0.1) is 0 Å². The van der Waals surface area contributed by atoms with Gasteiger partial charge in [0.2, 0.25) is 0 Å². The van der Waals surface area contributed by atoms with E-state index in [0.29, 0.717) is 6.42 Å². The van der Waals surface area contributed by atoms with Crippen molar-refractivity contribution in [3.8, 4) is 0 Å². The van der Waals surface area contributed by atoms with Crippen molar-refractivity contribution in [2.75, 3.05) is 6.61 Å². The van der Waals surface area contributed by atoms with Crippen molar-refractivity contribution in [2.45, 2.75) is 37.9 Å². The second-order valence-corrected chi connectivity index (χ2v) is 4.20. The zero-order valence-corrected chi connectivity index (χ0v) is 9.09. The third-order valence-electron chi connectivity index (χ3n) is 2.85. The highest BCUT2D eigenvalue weighted by Gasteiger charge is 2.22. The summed E-state index contributed by atoms with van der Waals surface area (Å²) in [6.07, 6.45) is 7.25. The highest BCUT2D eigenvalue weighted by molar-refractivity contribution is 5.05. The molecule has 84 valence electrons. The van der Waals surface area contributed by atoms with Crippen molar-refractivity contribution < 1.29 is 9.84 Å². The Labute approximate surface area is 89.9 Å². The van der Waals surface area contributed by atoms with Crippen LogP contribution in [0.5, 0.6) is 0 Å². The van der Waals surface area contributed by atoms with E-state index in [1.807, 2.05) is 13.2 Å². The molecule has 4 nitrogen and oxygen atoms in total. The largest absolute Gasteiger partial charge is 0.390 e. The van der Waals surface area contributed by atoms with Crippen LogP contribution in [-0.2, 0) is 18.2 Å². The fraction of sp³-hybridized carbons (Fsp3) is 0.727. The third kappa shape index (κ3) is 2.79. The Morgan fingerprint density at radius 1 is 1.67 bits per heavy atom. The molecule has 1 aromatic heterocycles. The van der Waals surface area contributed by atoms with E-state index in [1.54, 1.807) is 10.9 Å². The zero-order valence-electron chi connectivity index (χ0n) is 9.09. The van der Waals surface area contributed by atoms with E-state index in [9.17, 15) is 5.11 Å². The molecule has 1 aromatic rings. The van der Waals surface area contributed by atoms with E-state index in [1.165, 1.54) is 0 Å². The van der Waals surface area contributed by atoms with Gasteiger partial charge < -0.3 is 9.84 Å². The Kier molecular flexibility index (Phi) is 3.38. The van der Waals surface area contributed by atoms with Crippen LogP contribution in [0.15, 0.2) is 12.4 Å². The topological polar surface area (TPSA) is 47.3 Å². The van der Waals surface area contributed by atoms with E-state index < -0.39 is 6.10 Å². The number of aromatic nitrogens is 2. The predicted octanol–water partition coefficient (Wildman–Crippen LogP) is 0.893. The van der Waals surface area contributed by atoms with Crippen molar-refractivity contribution in [3.05, 3.63) is 18.0 Å². The van der Waals surface area contributed by atoms with Crippen LogP contribution in [0.1, 0.15) is 24.8 Å². The average Bonchev–Trinajstić information content (AvgIpc) is 2.65. The van der Waals surface area contributed by atoms with Crippen molar-refractivity contribution in [2.24, 2.45) is 7.05 Å². The SMILES string of the molecule is Cn1cc(CC(O)C2CCCCO2)cn1. The number of nitrogens with zero attached hydrogens (tertiary/aromatic N) is 2. The first kappa shape index (κ1) is 10.6. The molecule has 0 aliphatic carbocycles. The monoisotopic (exact) mass is 210 g/mol. The minimum atomic E-state index is -0.394. The normalized spacial score (nSPS) is 24.0. The van der Waals surface area contributed by atoms with E-state index in [4.69, 9.17) is 4.74 Å². The van der Waals surface area contributed by atoms with Gasteiger partial charge in [0.15, 0.2) is 0 Å². The van der Waals surface area contributed by atoms with Crippen LogP contribution >= 0.6 is 0 Å². The summed E-state index contributed by atoms with van der Waals surface area (Å²) in [4.78, 5) is 0. The molecule has 0 bridgehead atoms. The lowest BCUT2D eigenvalue weighted by Gasteiger charge is -2.26. The van der Waals surface area contributed by atoms with Crippen LogP contribution < -0.4 is 0 Å². The number of ether oxygens (including phenoxy) is 1. The van der Waals surface area contributed by atoms with Crippen LogP contribution in [0.2, 0.25) is 0 Å². The zero-order chi connectivity index (χ0) is 10.7. The molecule has 2 unspecified atom stereocenters. The number of hydrogen-bond acceptors (Lipinski definition) is 3. The molecule has 0 radical (unpaired) electrons. The van der Waals surface area contributed by atoms with Crippen LogP contribution in [0.3, 0.4) is 0 Å². The number of aryl methyl sites for hydroxylation is 1. The summed E-state index contributed by atoms with van der Waals surface area (Å²) in [5.74, 6) is 0.